The molecule has 0 aromatic heterocycles. The highest BCUT2D eigenvalue weighted by Crippen LogP contribution is 2.51. The lowest BCUT2D eigenvalue weighted by atomic mass is 9.81. The number of hydrogen-bond acceptors (Lipinski definition) is 2. The zero-order valence-electron chi connectivity index (χ0n) is 12.4. The fourth-order valence-electron chi connectivity index (χ4n) is 3.93. The molecule has 2 saturated carbocycles. The second-order valence-electron chi connectivity index (χ2n) is 7.02. The van der Waals surface area contributed by atoms with Crippen LogP contribution in [0.5, 0.6) is 0 Å². The Hall–Kier alpha value is -1.46. The van der Waals surface area contributed by atoms with E-state index in [-0.39, 0.29) is 18.1 Å². The van der Waals surface area contributed by atoms with Crippen LogP contribution in [0.1, 0.15) is 25.7 Å². The molecule has 4 fully saturated rings. The van der Waals surface area contributed by atoms with Gasteiger partial charge in [0.1, 0.15) is 0 Å². The highest BCUT2D eigenvalue weighted by Gasteiger charge is 2.45. The van der Waals surface area contributed by atoms with Crippen LogP contribution in [0.25, 0.3) is 0 Å². The summed E-state index contributed by atoms with van der Waals surface area (Å²) >= 11 is 0. The number of rotatable bonds is 4. The summed E-state index contributed by atoms with van der Waals surface area (Å²) in [7, 11) is 0. The molecule has 116 valence electrons. The zero-order chi connectivity index (χ0) is 14.4. The van der Waals surface area contributed by atoms with Crippen molar-refractivity contribution in [2.45, 2.75) is 31.7 Å². The van der Waals surface area contributed by atoms with E-state index in [1.54, 1.807) is 0 Å². The summed E-state index contributed by atoms with van der Waals surface area (Å²) in [6.07, 6.45) is 5.52. The van der Waals surface area contributed by atoms with Gasteiger partial charge in [-0.25, -0.2) is 9.59 Å². The molecule has 0 aromatic rings. The SMILES string of the molecule is O=C(NC[C@@H]1C[C@H]1C1CCC1)N1CC(N2CCNC2=O)C1. The molecule has 2 aliphatic heterocycles. The molecule has 6 heteroatoms. The fourth-order valence-corrected chi connectivity index (χ4v) is 3.93. The Morgan fingerprint density at radius 2 is 2.14 bits per heavy atom. The molecule has 2 atom stereocenters. The highest BCUT2D eigenvalue weighted by molar-refractivity contribution is 5.78. The maximum Gasteiger partial charge on any atom is 0.317 e. The fraction of sp³-hybridized carbons (Fsp3) is 0.867. The zero-order valence-corrected chi connectivity index (χ0v) is 12.4. The predicted octanol–water partition coefficient (Wildman–Crippen LogP) is 0.842. The topological polar surface area (TPSA) is 64.7 Å². The summed E-state index contributed by atoms with van der Waals surface area (Å²) in [5.74, 6) is 2.56. The lowest BCUT2D eigenvalue weighted by Gasteiger charge is -2.43. The van der Waals surface area contributed by atoms with Crippen LogP contribution in [0, 0.1) is 17.8 Å². The summed E-state index contributed by atoms with van der Waals surface area (Å²) in [5.41, 5.74) is 0. The van der Waals surface area contributed by atoms with Crippen LogP contribution in [0.3, 0.4) is 0 Å². The second-order valence-corrected chi connectivity index (χ2v) is 7.02. The van der Waals surface area contributed by atoms with E-state index in [1.807, 2.05) is 9.80 Å². The van der Waals surface area contributed by atoms with Crippen molar-refractivity contribution in [3.63, 3.8) is 0 Å². The number of hydrogen-bond donors (Lipinski definition) is 2. The Balaban J connectivity index is 1.15. The first-order chi connectivity index (χ1) is 10.2. The van der Waals surface area contributed by atoms with E-state index >= 15 is 0 Å². The van der Waals surface area contributed by atoms with Gasteiger partial charge in [-0.05, 0) is 24.2 Å². The molecule has 0 aromatic carbocycles. The first-order valence-electron chi connectivity index (χ1n) is 8.29. The molecule has 0 spiro atoms. The average molecular weight is 292 g/mol. The average Bonchev–Trinajstić information content (AvgIpc) is 2.97. The normalized spacial score (nSPS) is 32.5. The van der Waals surface area contributed by atoms with Crippen LogP contribution >= 0.6 is 0 Å². The Morgan fingerprint density at radius 1 is 1.33 bits per heavy atom. The second kappa shape index (κ2) is 5.07. The Labute approximate surface area is 125 Å². The maximum atomic E-state index is 12.1. The van der Waals surface area contributed by atoms with Gasteiger partial charge in [0, 0.05) is 32.7 Å². The molecule has 4 rings (SSSR count). The number of nitrogens with zero attached hydrogens (tertiary/aromatic N) is 2. The molecule has 2 N–H and O–H groups in total. The van der Waals surface area contributed by atoms with Crippen LogP contribution in [0.15, 0.2) is 0 Å². The predicted molar refractivity (Wildman–Crippen MR) is 77.8 cm³/mol. The van der Waals surface area contributed by atoms with E-state index in [0.29, 0.717) is 13.1 Å². The Morgan fingerprint density at radius 3 is 2.76 bits per heavy atom. The van der Waals surface area contributed by atoms with Crippen molar-refractivity contribution in [1.29, 1.82) is 0 Å². The van der Waals surface area contributed by atoms with Gasteiger partial charge in [0.05, 0.1) is 6.04 Å². The number of nitrogens with one attached hydrogen (secondary N) is 2. The third-order valence-corrected chi connectivity index (χ3v) is 5.73. The molecule has 0 radical (unpaired) electrons. The lowest BCUT2D eigenvalue weighted by Crippen LogP contribution is -2.63. The molecule has 4 amide bonds. The molecule has 21 heavy (non-hydrogen) atoms. The van der Waals surface area contributed by atoms with Crippen molar-refractivity contribution in [2.24, 2.45) is 17.8 Å². The van der Waals surface area contributed by atoms with Gasteiger partial charge in [-0.1, -0.05) is 19.3 Å². The van der Waals surface area contributed by atoms with Gasteiger partial charge >= 0.3 is 12.1 Å². The molecular formula is C15H24N4O2. The molecule has 0 unspecified atom stereocenters. The molecule has 6 nitrogen and oxygen atoms in total. The van der Waals surface area contributed by atoms with Crippen LogP contribution in [0.4, 0.5) is 9.59 Å². The quantitative estimate of drug-likeness (QED) is 0.806. The number of amides is 4. The van der Waals surface area contributed by atoms with Crippen molar-refractivity contribution in [1.82, 2.24) is 20.4 Å². The smallest absolute Gasteiger partial charge is 0.317 e. The van der Waals surface area contributed by atoms with E-state index in [0.717, 1.165) is 37.4 Å². The Kier molecular flexibility index (Phi) is 3.19. The number of carbonyl (C=O) groups excluding carboxylic acids is 2. The first-order valence-corrected chi connectivity index (χ1v) is 8.29. The van der Waals surface area contributed by atoms with Gasteiger partial charge in [-0.3, -0.25) is 0 Å². The minimum absolute atomic E-state index is 0.0152. The third kappa shape index (κ3) is 2.45. The highest BCUT2D eigenvalue weighted by atomic mass is 16.2. The minimum Gasteiger partial charge on any atom is -0.338 e. The molecule has 2 aliphatic carbocycles. The van der Waals surface area contributed by atoms with E-state index in [2.05, 4.69) is 10.6 Å². The van der Waals surface area contributed by atoms with Crippen LogP contribution < -0.4 is 10.6 Å². The van der Waals surface area contributed by atoms with Crippen LogP contribution in [-0.4, -0.2) is 60.6 Å². The first kappa shape index (κ1) is 13.2. The summed E-state index contributed by atoms with van der Waals surface area (Å²) < 4.78 is 0. The number of urea groups is 2. The van der Waals surface area contributed by atoms with Gasteiger partial charge in [-0.2, -0.15) is 0 Å². The minimum atomic E-state index is 0.0152. The number of carbonyl (C=O) groups is 2. The molecule has 4 aliphatic rings. The molecule has 0 bridgehead atoms. The van der Waals surface area contributed by atoms with Gasteiger partial charge in [0.2, 0.25) is 0 Å². The van der Waals surface area contributed by atoms with Crippen LogP contribution in [0.2, 0.25) is 0 Å². The van der Waals surface area contributed by atoms with Crippen molar-refractivity contribution >= 4 is 12.1 Å². The van der Waals surface area contributed by atoms with Crippen molar-refractivity contribution < 1.29 is 9.59 Å². The van der Waals surface area contributed by atoms with Crippen molar-refractivity contribution in [2.75, 3.05) is 32.7 Å². The van der Waals surface area contributed by atoms with E-state index in [4.69, 9.17) is 0 Å². The summed E-state index contributed by atoms with van der Waals surface area (Å²) in [6.45, 7) is 3.69. The van der Waals surface area contributed by atoms with E-state index < -0.39 is 0 Å². The molecular weight excluding hydrogens is 268 g/mol. The van der Waals surface area contributed by atoms with Gasteiger partial charge in [0.25, 0.3) is 0 Å². The molecule has 2 saturated heterocycles. The van der Waals surface area contributed by atoms with Gasteiger partial charge in [0.15, 0.2) is 0 Å². The van der Waals surface area contributed by atoms with Gasteiger partial charge in [-0.15, -0.1) is 0 Å². The van der Waals surface area contributed by atoms with E-state index in [9.17, 15) is 9.59 Å². The molecule has 2 heterocycles. The third-order valence-electron chi connectivity index (χ3n) is 5.73. The largest absolute Gasteiger partial charge is 0.338 e. The summed E-state index contributed by atoms with van der Waals surface area (Å²) in [6, 6.07) is 0.272. The van der Waals surface area contributed by atoms with Crippen molar-refractivity contribution in [3.05, 3.63) is 0 Å². The van der Waals surface area contributed by atoms with E-state index in [1.165, 1.54) is 25.7 Å². The van der Waals surface area contributed by atoms with Gasteiger partial charge < -0.3 is 20.4 Å². The maximum absolute atomic E-state index is 12.1. The Bertz CT molecular complexity index is 445. The summed E-state index contributed by atoms with van der Waals surface area (Å²) in [4.78, 5) is 27.3. The monoisotopic (exact) mass is 292 g/mol. The summed E-state index contributed by atoms with van der Waals surface area (Å²) in [5, 5.41) is 5.88. The number of likely N-dealkylation sites (tertiary alicyclic amines) is 1. The van der Waals surface area contributed by atoms with Crippen molar-refractivity contribution in [3.8, 4) is 0 Å². The lowest BCUT2D eigenvalue weighted by molar-refractivity contribution is 0.0857. The standard InChI is InChI=1S/C15H24N4O2/c20-14(17-7-11-6-13(11)10-2-1-3-10)18-8-12(9-18)19-5-4-16-15(19)21/h10-13H,1-9H2,(H,16,21)(H,17,20)/t11-,13-/m0/s1. The van der Waals surface area contributed by atoms with Crippen LogP contribution in [-0.2, 0) is 0 Å².